The number of furan rings is 1. The van der Waals surface area contributed by atoms with Gasteiger partial charge in [-0.25, -0.2) is 12.8 Å². The molecular formula is C23H30FN3O5S. The number of halogens is 1. The number of carbonyl (C=O) groups excluding carboxylic acids is 2. The summed E-state index contributed by atoms with van der Waals surface area (Å²) in [6.45, 7) is 4.31. The van der Waals surface area contributed by atoms with E-state index in [0.717, 1.165) is 12.1 Å². The molecule has 10 heteroatoms. The molecule has 0 saturated carbocycles. The van der Waals surface area contributed by atoms with Gasteiger partial charge in [0.05, 0.1) is 23.6 Å². The molecule has 2 heterocycles. The van der Waals surface area contributed by atoms with Gasteiger partial charge in [-0.15, -0.1) is 0 Å². The van der Waals surface area contributed by atoms with E-state index in [2.05, 4.69) is 10.6 Å². The molecule has 3 atom stereocenters. The Morgan fingerprint density at radius 3 is 2.61 bits per heavy atom. The Hall–Kier alpha value is -2.72. The summed E-state index contributed by atoms with van der Waals surface area (Å²) in [5, 5.41) is 5.62. The fourth-order valence-corrected chi connectivity index (χ4v) is 5.32. The average molecular weight is 480 g/mol. The smallest absolute Gasteiger partial charge is 0.243 e. The third kappa shape index (κ3) is 6.20. The number of nitrogens with one attached hydrogen (secondary N) is 2. The van der Waals surface area contributed by atoms with E-state index < -0.39 is 27.8 Å². The van der Waals surface area contributed by atoms with E-state index >= 15 is 0 Å². The highest BCUT2D eigenvalue weighted by Crippen LogP contribution is 2.24. The van der Waals surface area contributed by atoms with E-state index in [9.17, 15) is 22.4 Å². The van der Waals surface area contributed by atoms with Crippen molar-refractivity contribution < 1.29 is 26.8 Å². The van der Waals surface area contributed by atoms with Gasteiger partial charge < -0.3 is 15.1 Å². The molecule has 3 rings (SSSR count). The van der Waals surface area contributed by atoms with E-state index in [4.69, 9.17) is 4.42 Å². The van der Waals surface area contributed by atoms with Crippen molar-refractivity contribution in [1.29, 1.82) is 0 Å². The van der Waals surface area contributed by atoms with Crippen LogP contribution in [0.3, 0.4) is 0 Å². The maximum atomic E-state index is 13.2. The van der Waals surface area contributed by atoms with Gasteiger partial charge >= 0.3 is 0 Å². The maximum absolute atomic E-state index is 13.2. The largest absolute Gasteiger partial charge is 0.467 e. The number of rotatable bonds is 9. The standard InChI is InChI=1S/C23H30FN3O5S/c1-3-16(2)21(23(29)25-14-19-7-5-13-32-19)26-22(28)17-6-4-12-27(15-17)33(30,31)20-10-8-18(24)9-11-20/h5,7-11,13,16-17,21H,3-4,6,12,14-15H2,1-2H3,(H,25,29)(H,26,28)/t16-,17-,21+/m0/s1. The van der Waals surface area contributed by atoms with Crippen LogP contribution in [0.4, 0.5) is 4.39 Å². The van der Waals surface area contributed by atoms with Crippen LogP contribution < -0.4 is 10.6 Å². The minimum Gasteiger partial charge on any atom is -0.467 e. The first-order valence-corrected chi connectivity index (χ1v) is 12.5. The highest BCUT2D eigenvalue weighted by Gasteiger charge is 2.35. The first-order valence-electron chi connectivity index (χ1n) is 11.1. The lowest BCUT2D eigenvalue weighted by molar-refractivity contribution is -0.133. The molecule has 8 nitrogen and oxygen atoms in total. The predicted octanol–water partition coefficient (Wildman–Crippen LogP) is 2.67. The van der Waals surface area contributed by atoms with Crippen molar-refractivity contribution >= 4 is 21.8 Å². The van der Waals surface area contributed by atoms with E-state index in [0.29, 0.717) is 25.0 Å². The number of carbonyl (C=O) groups is 2. The predicted molar refractivity (Wildman–Crippen MR) is 120 cm³/mol. The zero-order valence-electron chi connectivity index (χ0n) is 18.8. The highest BCUT2D eigenvalue weighted by molar-refractivity contribution is 7.89. The van der Waals surface area contributed by atoms with Gasteiger partial charge in [-0.3, -0.25) is 9.59 Å². The second kappa shape index (κ2) is 10.9. The Balaban J connectivity index is 1.66. The fraction of sp³-hybridized carbons (Fsp3) is 0.478. The summed E-state index contributed by atoms with van der Waals surface area (Å²) in [6.07, 6.45) is 3.22. The van der Waals surface area contributed by atoms with E-state index in [1.165, 1.54) is 22.7 Å². The number of sulfonamides is 1. The molecule has 0 bridgehead atoms. The van der Waals surface area contributed by atoms with Gasteiger partial charge in [-0.05, 0) is 55.2 Å². The number of nitrogens with zero attached hydrogens (tertiary/aromatic N) is 1. The number of amides is 2. The van der Waals surface area contributed by atoms with E-state index in [1.54, 1.807) is 12.1 Å². The zero-order valence-corrected chi connectivity index (χ0v) is 19.6. The molecule has 0 unspecified atom stereocenters. The molecular weight excluding hydrogens is 449 g/mol. The SMILES string of the molecule is CC[C@H](C)[C@@H](NC(=O)[C@H]1CCCN(S(=O)(=O)c2ccc(F)cc2)C1)C(=O)NCc1ccco1. The summed E-state index contributed by atoms with van der Waals surface area (Å²) in [7, 11) is -3.85. The Morgan fingerprint density at radius 1 is 1.24 bits per heavy atom. The minimum absolute atomic E-state index is 0.00673. The molecule has 1 fully saturated rings. The quantitative estimate of drug-likeness (QED) is 0.575. The summed E-state index contributed by atoms with van der Waals surface area (Å²) in [5.41, 5.74) is 0. The van der Waals surface area contributed by atoms with Crippen LogP contribution in [-0.2, 0) is 26.2 Å². The second-order valence-electron chi connectivity index (χ2n) is 8.33. The van der Waals surface area contributed by atoms with Crippen molar-refractivity contribution in [2.24, 2.45) is 11.8 Å². The van der Waals surface area contributed by atoms with Gasteiger partial charge in [-0.1, -0.05) is 20.3 Å². The minimum atomic E-state index is -3.85. The monoisotopic (exact) mass is 479 g/mol. The third-order valence-electron chi connectivity index (χ3n) is 6.02. The Bertz CT molecular complexity index is 1040. The van der Waals surface area contributed by atoms with Crippen LogP contribution in [0.2, 0.25) is 0 Å². The van der Waals surface area contributed by atoms with Crippen molar-refractivity contribution in [2.75, 3.05) is 13.1 Å². The van der Waals surface area contributed by atoms with Crippen LogP contribution >= 0.6 is 0 Å². The normalized spacial score (nSPS) is 18.9. The van der Waals surface area contributed by atoms with Crippen molar-refractivity contribution in [3.8, 4) is 0 Å². The molecule has 33 heavy (non-hydrogen) atoms. The third-order valence-corrected chi connectivity index (χ3v) is 7.90. The molecule has 1 aromatic heterocycles. The van der Waals surface area contributed by atoms with E-state index in [1.807, 2.05) is 13.8 Å². The fourth-order valence-electron chi connectivity index (χ4n) is 3.80. The highest BCUT2D eigenvalue weighted by atomic mass is 32.2. The maximum Gasteiger partial charge on any atom is 0.243 e. The van der Waals surface area contributed by atoms with Crippen molar-refractivity contribution in [3.05, 3.63) is 54.2 Å². The molecule has 1 aliphatic rings. The van der Waals surface area contributed by atoms with Crippen molar-refractivity contribution in [2.45, 2.75) is 50.6 Å². The summed E-state index contributed by atoms with van der Waals surface area (Å²) >= 11 is 0. The van der Waals surface area contributed by atoms with Crippen LogP contribution in [0.25, 0.3) is 0 Å². The molecule has 0 radical (unpaired) electrons. The van der Waals surface area contributed by atoms with Gasteiger partial charge in [-0.2, -0.15) is 4.31 Å². The van der Waals surface area contributed by atoms with Crippen LogP contribution in [0.1, 0.15) is 38.9 Å². The van der Waals surface area contributed by atoms with Crippen LogP contribution in [0.15, 0.2) is 52.0 Å². The van der Waals surface area contributed by atoms with E-state index in [-0.39, 0.29) is 42.3 Å². The van der Waals surface area contributed by atoms with Gasteiger partial charge in [0.1, 0.15) is 17.6 Å². The van der Waals surface area contributed by atoms with Crippen molar-refractivity contribution in [3.63, 3.8) is 0 Å². The Morgan fingerprint density at radius 2 is 1.97 bits per heavy atom. The molecule has 0 aliphatic carbocycles. The first kappa shape index (κ1) is 24.9. The number of benzene rings is 1. The first-order chi connectivity index (χ1) is 15.7. The lowest BCUT2D eigenvalue weighted by Gasteiger charge is -2.32. The van der Waals surface area contributed by atoms with Crippen LogP contribution in [0.5, 0.6) is 0 Å². The Kier molecular flexibility index (Phi) is 8.25. The van der Waals surface area contributed by atoms with Crippen LogP contribution in [0, 0.1) is 17.7 Å². The molecule has 2 aromatic rings. The van der Waals surface area contributed by atoms with Gasteiger partial charge in [0, 0.05) is 13.1 Å². The molecule has 2 N–H and O–H groups in total. The molecule has 1 saturated heterocycles. The molecule has 1 aliphatic heterocycles. The number of hydrogen-bond acceptors (Lipinski definition) is 5. The molecule has 0 spiro atoms. The summed E-state index contributed by atoms with van der Waals surface area (Å²) in [4.78, 5) is 25.8. The summed E-state index contributed by atoms with van der Waals surface area (Å²) < 4.78 is 45.6. The van der Waals surface area contributed by atoms with Crippen molar-refractivity contribution in [1.82, 2.24) is 14.9 Å². The Labute approximate surface area is 193 Å². The lowest BCUT2D eigenvalue weighted by atomic mass is 9.95. The van der Waals surface area contributed by atoms with Crippen LogP contribution in [-0.4, -0.2) is 43.7 Å². The zero-order chi connectivity index (χ0) is 24.0. The number of hydrogen-bond donors (Lipinski definition) is 2. The lowest BCUT2D eigenvalue weighted by Crippen LogP contribution is -2.53. The molecule has 1 aromatic carbocycles. The topological polar surface area (TPSA) is 109 Å². The summed E-state index contributed by atoms with van der Waals surface area (Å²) in [6, 6.07) is 7.35. The molecule has 180 valence electrons. The van der Waals surface area contributed by atoms with Gasteiger partial charge in [0.2, 0.25) is 21.8 Å². The van der Waals surface area contributed by atoms with Gasteiger partial charge in [0.15, 0.2) is 0 Å². The second-order valence-corrected chi connectivity index (χ2v) is 10.3. The number of piperidine rings is 1. The average Bonchev–Trinajstić information content (AvgIpc) is 3.34. The molecule has 2 amide bonds. The summed E-state index contributed by atoms with van der Waals surface area (Å²) in [5.74, 6) is -1.29. The van der Waals surface area contributed by atoms with Gasteiger partial charge in [0.25, 0.3) is 0 Å².